The second-order valence-corrected chi connectivity index (χ2v) is 7.28. The molecule has 1 saturated carbocycles. The Bertz CT molecular complexity index is 699. The van der Waals surface area contributed by atoms with E-state index in [1.54, 1.807) is 0 Å². The van der Waals surface area contributed by atoms with Crippen LogP contribution in [0.15, 0.2) is 29.4 Å². The van der Waals surface area contributed by atoms with Crippen molar-refractivity contribution in [1.82, 2.24) is 24.8 Å². The van der Waals surface area contributed by atoms with Gasteiger partial charge in [0.1, 0.15) is 5.82 Å². The van der Waals surface area contributed by atoms with E-state index in [1.807, 2.05) is 35.8 Å². The summed E-state index contributed by atoms with van der Waals surface area (Å²) in [5, 5.41) is 11.9. The number of guanidine groups is 1. The molecular weight excluding hydrogens is 312 g/mol. The van der Waals surface area contributed by atoms with Gasteiger partial charge >= 0.3 is 0 Å². The molecule has 1 aliphatic carbocycles. The molecule has 0 spiro atoms. The molecule has 0 atom stereocenters. The predicted molar refractivity (Wildman–Crippen MR) is 102 cm³/mol. The summed E-state index contributed by atoms with van der Waals surface area (Å²) in [6, 6.07) is 5.96. The Labute approximate surface area is 150 Å². The van der Waals surface area contributed by atoms with Crippen LogP contribution >= 0.6 is 0 Å². The lowest BCUT2D eigenvalue weighted by molar-refractivity contribution is 0.250. The lowest BCUT2D eigenvalue weighted by atomic mass is 9.83. The number of hydrogen-bond acceptors (Lipinski definition) is 3. The summed E-state index contributed by atoms with van der Waals surface area (Å²) < 4.78 is 2.04. The van der Waals surface area contributed by atoms with Gasteiger partial charge in [-0.2, -0.15) is 0 Å². The van der Waals surface area contributed by atoms with Gasteiger partial charge < -0.3 is 10.2 Å². The summed E-state index contributed by atoms with van der Waals surface area (Å²) in [6.45, 7) is 4.25. The SMILES string of the molecule is CN=C(NCCc1nnc2ccccn12)N(C)CC1CCC(C)CC1. The van der Waals surface area contributed by atoms with Gasteiger partial charge in [-0.3, -0.25) is 9.39 Å². The Kier molecular flexibility index (Phi) is 5.89. The van der Waals surface area contributed by atoms with Crippen molar-refractivity contribution in [2.75, 3.05) is 27.2 Å². The number of hydrogen-bond donors (Lipinski definition) is 1. The molecule has 0 amide bonds. The topological polar surface area (TPSA) is 57.8 Å². The van der Waals surface area contributed by atoms with Crippen LogP contribution in [-0.4, -0.2) is 52.6 Å². The van der Waals surface area contributed by atoms with Crippen LogP contribution in [0.2, 0.25) is 0 Å². The molecule has 0 bridgehead atoms. The second kappa shape index (κ2) is 8.32. The summed E-state index contributed by atoms with van der Waals surface area (Å²) >= 11 is 0. The first kappa shape index (κ1) is 17.7. The van der Waals surface area contributed by atoms with Crippen molar-refractivity contribution in [2.24, 2.45) is 16.8 Å². The van der Waals surface area contributed by atoms with Crippen molar-refractivity contribution in [3.63, 3.8) is 0 Å². The van der Waals surface area contributed by atoms with Crippen molar-refractivity contribution in [1.29, 1.82) is 0 Å². The molecule has 6 heteroatoms. The Morgan fingerprint density at radius 3 is 2.84 bits per heavy atom. The van der Waals surface area contributed by atoms with Gasteiger partial charge in [-0.25, -0.2) is 0 Å². The van der Waals surface area contributed by atoms with E-state index in [-0.39, 0.29) is 0 Å². The van der Waals surface area contributed by atoms with E-state index in [2.05, 4.69) is 39.4 Å². The molecule has 3 rings (SSSR count). The van der Waals surface area contributed by atoms with Gasteiger partial charge in [0.25, 0.3) is 0 Å². The molecule has 0 radical (unpaired) electrons. The average Bonchev–Trinajstić information content (AvgIpc) is 3.04. The van der Waals surface area contributed by atoms with E-state index < -0.39 is 0 Å². The first-order valence-corrected chi connectivity index (χ1v) is 9.37. The van der Waals surface area contributed by atoms with Gasteiger partial charge in [0.15, 0.2) is 11.6 Å². The molecule has 136 valence electrons. The first-order chi connectivity index (χ1) is 12.2. The number of nitrogens with zero attached hydrogens (tertiary/aromatic N) is 5. The molecule has 25 heavy (non-hydrogen) atoms. The summed E-state index contributed by atoms with van der Waals surface area (Å²) in [6.07, 6.45) is 8.24. The van der Waals surface area contributed by atoms with Crippen LogP contribution in [0.5, 0.6) is 0 Å². The maximum absolute atomic E-state index is 4.44. The molecule has 0 unspecified atom stereocenters. The number of rotatable bonds is 5. The molecule has 0 aliphatic heterocycles. The molecule has 1 aliphatic rings. The van der Waals surface area contributed by atoms with Crippen molar-refractivity contribution in [3.05, 3.63) is 30.2 Å². The van der Waals surface area contributed by atoms with Crippen LogP contribution in [0.25, 0.3) is 5.65 Å². The Morgan fingerprint density at radius 1 is 1.28 bits per heavy atom. The standard InChI is InChI=1S/C19H30N6/c1-15-7-9-16(10-8-15)14-24(3)19(20-2)21-12-11-18-23-22-17-6-4-5-13-25(17)18/h4-6,13,15-16H,7-12,14H2,1-3H3,(H,20,21). The summed E-state index contributed by atoms with van der Waals surface area (Å²) in [7, 11) is 3.99. The maximum atomic E-state index is 4.44. The third-order valence-electron chi connectivity index (χ3n) is 5.26. The third-order valence-corrected chi connectivity index (χ3v) is 5.26. The minimum Gasteiger partial charge on any atom is -0.356 e. The van der Waals surface area contributed by atoms with Gasteiger partial charge in [0, 0.05) is 39.8 Å². The fourth-order valence-electron chi connectivity index (χ4n) is 3.72. The lowest BCUT2D eigenvalue weighted by Gasteiger charge is -2.31. The quantitative estimate of drug-likeness (QED) is 0.670. The Hall–Kier alpha value is -2.11. The van der Waals surface area contributed by atoms with Crippen LogP contribution in [0, 0.1) is 11.8 Å². The minimum absolute atomic E-state index is 0.792. The van der Waals surface area contributed by atoms with Crippen LogP contribution in [-0.2, 0) is 6.42 Å². The highest BCUT2D eigenvalue weighted by Gasteiger charge is 2.20. The van der Waals surface area contributed by atoms with Crippen molar-refractivity contribution in [3.8, 4) is 0 Å². The number of nitrogens with one attached hydrogen (secondary N) is 1. The van der Waals surface area contributed by atoms with Crippen molar-refractivity contribution < 1.29 is 0 Å². The molecule has 1 N–H and O–H groups in total. The summed E-state index contributed by atoms with van der Waals surface area (Å²) in [5.74, 6) is 3.63. The van der Waals surface area contributed by atoms with E-state index in [0.29, 0.717) is 0 Å². The number of aromatic nitrogens is 3. The summed E-state index contributed by atoms with van der Waals surface area (Å²) in [5.41, 5.74) is 0.894. The average molecular weight is 342 g/mol. The molecular formula is C19H30N6. The molecule has 0 aromatic carbocycles. The highest BCUT2D eigenvalue weighted by Crippen LogP contribution is 2.28. The zero-order valence-electron chi connectivity index (χ0n) is 15.6. The van der Waals surface area contributed by atoms with E-state index in [1.165, 1.54) is 25.7 Å². The highest BCUT2D eigenvalue weighted by atomic mass is 15.3. The molecule has 2 heterocycles. The van der Waals surface area contributed by atoms with Gasteiger partial charge in [-0.15, -0.1) is 10.2 Å². The minimum atomic E-state index is 0.792. The highest BCUT2D eigenvalue weighted by molar-refractivity contribution is 5.79. The van der Waals surface area contributed by atoms with Crippen molar-refractivity contribution >= 4 is 11.6 Å². The molecule has 0 saturated heterocycles. The fraction of sp³-hybridized carbons (Fsp3) is 0.632. The monoisotopic (exact) mass is 342 g/mol. The first-order valence-electron chi connectivity index (χ1n) is 9.37. The smallest absolute Gasteiger partial charge is 0.193 e. The Morgan fingerprint density at radius 2 is 2.08 bits per heavy atom. The van der Waals surface area contributed by atoms with Gasteiger partial charge in [-0.05, 0) is 36.8 Å². The van der Waals surface area contributed by atoms with Gasteiger partial charge in [-0.1, -0.05) is 25.8 Å². The van der Waals surface area contributed by atoms with Crippen LogP contribution in [0.3, 0.4) is 0 Å². The fourth-order valence-corrected chi connectivity index (χ4v) is 3.72. The lowest BCUT2D eigenvalue weighted by Crippen LogP contribution is -2.42. The third kappa shape index (κ3) is 4.50. The van der Waals surface area contributed by atoms with Gasteiger partial charge in [0.2, 0.25) is 0 Å². The normalized spacial score (nSPS) is 21.5. The molecule has 2 aromatic heterocycles. The van der Waals surface area contributed by atoms with Crippen LogP contribution in [0.1, 0.15) is 38.4 Å². The number of fused-ring (bicyclic) bond motifs is 1. The molecule has 6 nitrogen and oxygen atoms in total. The molecule has 1 fully saturated rings. The van der Waals surface area contributed by atoms with E-state index in [4.69, 9.17) is 0 Å². The van der Waals surface area contributed by atoms with Gasteiger partial charge in [0.05, 0.1) is 0 Å². The maximum Gasteiger partial charge on any atom is 0.193 e. The van der Waals surface area contributed by atoms with E-state index in [0.717, 1.165) is 48.8 Å². The predicted octanol–water partition coefficient (Wildman–Crippen LogP) is 2.61. The number of aliphatic imine (C=N–C) groups is 1. The van der Waals surface area contributed by atoms with Crippen molar-refractivity contribution in [2.45, 2.75) is 39.0 Å². The second-order valence-electron chi connectivity index (χ2n) is 7.28. The number of pyridine rings is 1. The zero-order valence-corrected chi connectivity index (χ0v) is 15.6. The Balaban J connectivity index is 1.49. The van der Waals surface area contributed by atoms with Crippen LogP contribution in [0.4, 0.5) is 0 Å². The molecule has 2 aromatic rings. The zero-order chi connectivity index (χ0) is 17.6. The largest absolute Gasteiger partial charge is 0.356 e. The van der Waals surface area contributed by atoms with E-state index in [9.17, 15) is 0 Å². The van der Waals surface area contributed by atoms with Crippen LogP contribution < -0.4 is 5.32 Å². The van der Waals surface area contributed by atoms with E-state index >= 15 is 0 Å². The summed E-state index contributed by atoms with van der Waals surface area (Å²) in [4.78, 5) is 6.70.